The number of carbonyl (C=O) groups is 1. The minimum atomic E-state index is -0.571. The molecule has 0 aliphatic carbocycles. The van der Waals surface area contributed by atoms with Gasteiger partial charge in [0.1, 0.15) is 35.5 Å². The maximum atomic E-state index is 15.2. The summed E-state index contributed by atoms with van der Waals surface area (Å²) < 4.78 is 39.1. The second kappa shape index (κ2) is 11.6. The third-order valence-corrected chi connectivity index (χ3v) is 6.59. The molecule has 43 heavy (non-hydrogen) atoms. The first-order valence-electron chi connectivity index (χ1n) is 13.0. The van der Waals surface area contributed by atoms with Gasteiger partial charge in [0.25, 0.3) is 0 Å². The largest absolute Gasteiger partial charge is 0.493 e. The van der Waals surface area contributed by atoms with E-state index in [9.17, 15) is 4.79 Å². The van der Waals surface area contributed by atoms with Crippen molar-refractivity contribution in [3.63, 3.8) is 0 Å². The molecule has 0 radical (unpaired) electrons. The van der Waals surface area contributed by atoms with Crippen molar-refractivity contribution in [1.82, 2.24) is 34.6 Å². The van der Waals surface area contributed by atoms with Gasteiger partial charge in [-0.05, 0) is 24.3 Å². The summed E-state index contributed by atoms with van der Waals surface area (Å²) in [4.78, 5) is 30.2. The molecule has 4 heterocycles. The van der Waals surface area contributed by atoms with Gasteiger partial charge in [-0.3, -0.25) is 4.79 Å². The molecule has 2 aromatic carbocycles. The first-order chi connectivity index (χ1) is 20.9. The van der Waals surface area contributed by atoms with Crippen LogP contribution in [0.4, 0.5) is 15.9 Å². The molecule has 0 spiro atoms. The van der Waals surface area contributed by atoms with Gasteiger partial charge in [0.2, 0.25) is 11.8 Å². The Morgan fingerprint density at radius 2 is 1.86 bits per heavy atom. The molecule has 1 saturated heterocycles. The van der Waals surface area contributed by atoms with E-state index in [-0.39, 0.29) is 35.3 Å². The summed E-state index contributed by atoms with van der Waals surface area (Å²) in [5.41, 5.74) is 1.34. The molecule has 1 N–H and O–H groups in total. The van der Waals surface area contributed by atoms with Crippen LogP contribution in [0.1, 0.15) is 0 Å². The maximum absolute atomic E-state index is 15.2. The zero-order chi connectivity index (χ0) is 29.9. The number of likely N-dealkylation sites (tertiary alicyclic amines) is 1. The lowest BCUT2D eigenvalue weighted by atomic mass is 10.1. The Morgan fingerprint density at radius 3 is 2.58 bits per heavy atom. The van der Waals surface area contributed by atoms with Crippen LogP contribution in [0.5, 0.6) is 29.1 Å². The molecule has 1 aliphatic heterocycles. The SMILES string of the molecule is C=CC(=O)N1CC(Oc2cc3c(Nc4ccc(Oc5ccn(-c6cnc(OC)nc6)n5)cc4F)ncnc3cc2OC)C1. The first-order valence-corrected chi connectivity index (χ1v) is 13.0. The molecule has 6 rings (SSSR count). The molecule has 1 aliphatic rings. The Kier molecular flexibility index (Phi) is 7.39. The van der Waals surface area contributed by atoms with Gasteiger partial charge < -0.3 is 29.2 Å². The number of methoxy groups -OCH3 is 2. The molecule has 0 atom stereocenters. The van der Waals surface area contributed by atoms with Crippen molar-refractivity contribution in [2.75, 3.05) is 32.6 Å². The number of rotatable bonds is 10. The lowest BCUT2D eigenvalue weighted by Crippen LogP contribution is -2.55. The van der Waals surface area contributed by atoms with Gasteiger partial charge in [0.15, 0.2) is 11.5 Å². The summed E-state index contributed by atoms with van der Waals surface area (Å²) in [7, 11) is 3.01. The predicted molar refractivity (Wildman–Crippen MR) is 153 cm³/mol. The smallest absolute Gasteiger partial charge is 0.316 e. The number of nitrogens with zero attached hydrogens (tertiary/aromatic N) is 7. The van der Waals surface area contributed by atoms with Crippen LogP contribution in [-0.2, 0) is 4.79 Å². The van der Waals surface area contributed by atoms with Crippen molar-refractivity contribution >= 4 is 28.3 Å². The van der Waals surface area contributed by atoms with Crippen LogP contribution in [-0.4, -0.2) is 73.9 Å². The van der Waals surface area contributed by atoms with Crippen molar-refractivity contribution in [2.24, 2.45) is 0 Å². The minimum absolute atomic E-state index is 0.151. The highest BCUT2D eigenvalue weighted by atomic mass is 19.1. The number of nitrogens with one attached hydrogen (secondary N) is 1. The monoisotopic (exact) mass is 584 g/mol. The summed E-state index contributed by atoms with van der Waals surface area (Å²) >= 11 is 0. The van der Waals surface area contributed by atoms with Crippen LogP contribution in [0.25, 0.3) is 16.6 Å². The minimum Gasteiger partial charge on any atom is -0.493 e. The summed E-state index contributed by atoms with van der Waals surface area (Å²) in [6.07, 6.45) is 7.21. The summed E-state index contributed by atoms with van der Waals surface area (Å²) in [6.45, 7) is 4.36. The fourth-order valence-electron chi connectivity index (χ4n) is 4.36. The standard InChI is InChI=1S/C29H25FN8O5/c1-4-27(39)37-14-19(15-37)42-25-10-20-23(11-24(25)40-2)33-16-34-28(20)35-22-6-5-18(9-21(22)30)43-26-7-8-38(36-26)17-12-31-29(41-3)32-13-17/h4-13,16,19H,1,14-15H2,2-3H3,(H,33,34,35). The number of amides is 1. The zero-order valence-corrected chi connectivity index (χ0v) is 23.1. The number of ether oxygens (including phenoxy) is 4. The van der Waals surface area contributed by atoms with E-state index in [0.29, 0.717) is 47.0 Å². The Morgan fingerprint density at radius 1 is 1.05 bits per heavy atom. The Bertz CT molecular complexity index is 1810. The van der Waals surface area contributed by atoms with Crippen LogP contribution >= 0.6 is 0 Å². The van der Waals surface area contributed by atoms with Crippen LogP contribution in [0.2, 0.25) is 0 Å². The first kappa shape index (κ1) is 27.4. The molecule has 218 valence electrons. The van der Waals surface area contributed by atoms with E-state index in [4.69, 9.17) is 18.9 Å². The highest BCUT2D eigenvalue weighted by Gasteiger charge is 2.31. The summed E-state index contributed by atoms with van der Waals surface area (Å²) in [6, 6.07) is 9.70. The van der Waals surface area contributed by atoms with E-state index < -0.39 is 5.82 Å². The highest BCUT2D eigenvalue weighted by Crippen LogP contribution is 2.37. The van der Waals surface area contributed by atoms with Crippen LogP contribution in [0, 0.1) is 5.82 Å². The number of carbonyl (C=O) groups excluding carboxylic acids is 1. The quantitative estimate of drug-likeness (QED) is 0.238. The lowest BCUT2D eigenvalue weighted by molar-refractivity contribution is -0.134. The second-order valence-corrected chi connectivity index (χ2v) is 9.32. The van der Waals surface area contributed by atoms with Crippen LogP contribution < -0.4 is 24.3 Å². The summed E-state index contributed by atoms with van der Waals surface area (Å²) in [5.74, 6) is 1.07. The van der Waals surface area contributed by atoms with Crippen molar-refractivity contribution in [3.05, 3.63) is 79.8 Å². The van der Waals surface area contributed by atoms with Crippen molar-refractivity contribution in [2.45, 2.75) is 6.10 Å². The zero-order valence-electron chi connectivity index (χ0n) is 23.1. The number of hydrogen-bond acceptors (Lipinski definition) is 11. The molecule has 3 aromatic heterocycles. The number of aromatic nitrogens is 6. The van der Waals surface area contributed by atoms with E-state index in [1.807, 2.05) is 0 Å². The molecular weight excluding hydrogens is 559 g/mol. The maximum Gasteiger partial charge on any atom is 0.316 e. The fraction of sp³-hybridized carbons (Fsp3) is 0.172. The Balaban J connectivity index is 1.18. The lowest BCUT2D eigenvalue weighted by Gasteiger charge is -2.38. The van der Waals surface area contributed by atoms with Gasteiger partial charge in [0, 0.05) is 29.8 Å². The van der Waals surface area contributed by atoms with E-state index in [1.54, 1.807) is 47.8 Å². The van der Waals surface area contributed by atoms with Crippen LogP contribution in [0.3, 0.4) is 0 Å². The third kappa shape index (κ3) is 5.70. The molecule has 0 bridgehead atoms. The number of fused-ring (bicyclic) bond motifs is 1. The van der Waals surface area contributed by atoms with Crippen molar-refractivity contribution < 1.29 is 28.1 Å². The molecule has 1 amide bonds. The summed E-state index contributed by atoms with van der Waals surface area (Å²) in [5, 5.41) is 7.95. The van der Waals surface area contributed by atoms with Gasteiger partial charge in [0.05, 0.1) is 50.9 Å². The molecule has 0 unspecified atom stereocenters. The van der Waals surface area contributed by atoms with E-state index in [1.165, 1.54) is 43.4 Å². The molecule has 1 fully saturated rings. The molecule has 14 heteroatoms. The number of benzene rings is 2. The normalized spacial score (nSPS) is 12.9. The van der Waals surface area contributed by atoms with Gasteiger partial charge in [-0.15, -0.1) is 5.10 Å². The fourth-order valence-corrected chi connectivity index (χ4v) is 4.36. The van der Waals surface area contributed by atoms with E-state index in [2.05, 4.69) is 36.9 Å². The van der Waals surface area contributed by atoms with E-state index in [0.717, 1.165) is 0 Å². The van der Waals surface area contributed by atoms with Gasteiger partial charge in [-0.25, -0.2) is 29.0 Å². The van der Waals surface area contributed by atoms with E-state index >= 15 is 4.39 Å². The molecular formula is C29H25FN8O5. The number of hydrogen-bond donors (Lipinski definition) is 1. The Labute approximate surface area is 244 Å². The Hall–Kier alpha value is -5.79. The number of halogens is 1. The highest BCUT2D eigenvalue weighted by molar-refractivity contribution is 5.93. The molecule has 13 nitrogen and oxygen atoms in total. The van der Waals surface area contributed by atoms with Crippen molar-refractivity contribution in [3.8, 4) is 34.8 Å². The van der Waals surface area contributed by atoms with Gasteiger partial charge in [-0.2, -0.15) is 0 Å². The number of anilines is 2. The average Bonchev–Trinajstić information content (AvgIpc) is 3.48. The second-order valence-electron chi connectivity index (χ2n) is 9.32. The average molecular weight is 585 g/mol. The van der Waals surface area contributed by atoms with Gasteiger partial charge >= 0.3 is 6.01 Å². The topological polar surface area (TPSA) is 139 Å². The molecule has 0 saturated carbocycles. The van der Waals surface area contributed by atoms with Gasteiger partial charge in [-0.1, -0.05) is 6.58 Å². The third-order valence-electron chi connectivity index (χ3n) is 6.59. The van der Waals surface area contributed by atoms with Crippen LogP contribution in [0.15, 0.2) is 74.0 Å². The van der Waals surface area contributed by atoms with Crippen molar-refractivity contribution in [1.29, 1.82) is 0 Å². The molecule has 5 aromatic rings. The predicted octanol–water partition coefficient (Wildman–Crippen LogP) is 4.07.